The van der Waals surface area contributed by atoms with Crippen molar-refractivity contribution in [3.05, 3.63) is 0 Å². The summed E-state index contributed by atoms with van der Waals surface area (Å²) in [4.78, 5) is 0. The maximum Gasteiger partial charge on any atom is 0.111 e. The Labute approximate surface area is 41.2 Å². The van der Waals surface area contributed by atoms with Gasteiger partial charge in [-0.3, -0.25) is 0 Å². The number of aliphatic hydroxyl groups is 1. The molecule has 1 nitrogen and oxygen atoms in total. The summed E-state index contributed by atoms with van der Waals surface area (Å²) < 4.78 is 0. The standard InChI is InChI=1S/CH3Cl2OP/c2-5(3)1-4/h4H,1H2. The van der Waals surface area contributed by atoms with Gasteiger partial charge in [-0.05, 0) is 0 Å². The molecule has 0 aromatic heterocycles. The molecule has 0 amide bonds. The SMILES string of the molecule is OCP(Cl)Cl. The molecule has 0 heterocycles. The lowest BCUT2D eigenvalue weighted by Crippen LogP contribution is -1.60. The van der Waals surface area contributed by atoms with Crippen LogP contribution in [0.15, 0.2) is 0 Å². The van der Waals surface area contributed by atoms with E-state index >= 15 is 0 Å². The molecule has 0 aromatic rings. The van der Waals surface area contributed by atoms with Crippen molar-refractivity contribution in [2.75, 3.05) is 6.35 Å². The van der Waals surface area contributed by atoms with Gasteiger partial charge in [-0.15, -0.1) is 0 Å². The molecule has 0 saturated heterocycles. The molecule has 0 aromatic carbocycles. The van der Waals surface area contributed by atoms with Crippen molar-refractivity contribution < 1.29 is 5.11 Å². The highest BCUT2D eigenvalue weighted by Crippen LogP contribution is 2.44. The van der Waals surface area contributed by atoms with Crippen LogP contribution in [-0.2, 0) is 0 Å². The zero-order chi connectivity index (χ0) is 4.28. The Hall–Kier alpha value is 0.970. The van der Waals surface area contributed by atoms with Gasteiger partial charge in [0.1, 0.15) is 6.63 Å². The Bertz CT molecular complexity index is 23.6. The van der Waals surface area contributed by atoms with Crippen molar-refractivity contribution >= 4 is 29.1 Å². The number of hydrogen-bond donors (Lipinski definition) is 1. The van der Waals surface area contributed by atoms with Crippen LogP contribution in [0, 0.1) is 0 Å². The molecule has 0 fully saturated rings. The molecule has 0 bridgehead atoms. The van der Waals surface area contributed by atoms with E-state index in [1.165, 1.54) is 0 Å². The highest BCUT2D eigenvalue weighted by Gasteiger charge is 1.88. The van der Waals surface area contributed by atoms with E-state index in [9.17, 15) is 0 Å². The number of rotatable bonds is 1. The summed E-state index contributed by atoms with van der Waals surface area (Å²) >= 11 is 10.1. The second-order valence-electron chi connectivity index (χ2n) is 0.444. The van der Waals surface area contributed by atoms with Gasteiger partial charge in [-0.25, -0.2) is 0 Å². The molecule has 0 aliphatic rings. The first-order chi connectivity index (χ1) is 2.27. The van der Waals surface area contributed by atoms with Crippen molar-refractivity contribution in [1.29, 1.82) is 0 Å². The van der Waals surface area contributed by atoms with Gasteiger partial charge < -0.3 is 5.11 Å². The van der Waals surface area contributed by atoms with Crippen LogP contribution < -0.4 is 0 Å². The second kappa shape index (κ2) is 3.17. The van der Waals surface area contributed by atoms with Gasteiger partial charge in [-0.1, -0.05) is 22.5 Å². The van der Waals surface area contributed by atoms with Gasteiger partial charge in [0.25, 0.3) is 0 Å². The Morgan fingerprint density at radius 1 is 1.60 bits per heavy atom. The molecule has 0 aliphatic carbocycles. The molecule has 0 radical (unpaired) electrons. The second-order valence-corrected chi connectivity index (χ2v) is 4.30. The van der Waals surface area contributed by atoms with Crippen molar-refractivity contribution in [1.82, 2.24) is 0 Å². The lowest BCUT2D eigenvalue weighted by atomic mass is 11.7. The maximum atomic E-state index is 7.91. The number of hydrogen-bond acceptors (Lipinski definition) is 1. The molecule has 5 heavy (non-hydrogen) atoms. The quantitative estimate of drug-likeness (QED) is 0.540. The third-order valence-corrected chi connectivity index (χ3v) is 0.962. The van der Waals surface area contributed by atoms with Gasteiger partial charge >= 0.3 is 0 Å². The van der Waals surface area contributed by atoms with E-state index in [4.69, 9.17) is 27.6 Å². The predicted octanol–water partition coefficient (Wildman–Crippen LogP) is 1.73. The Balaban J connectivity index is 2.54. The van der Waals surface area contributed by atoms with Crippen LogP contribution in [0.4, 0.5) is 0 Å². The first kappa shape index (κ1) is 5.97. The molecule has 0 atom stereocenters. The van der Waals surface area contributed by atoms with Gasteiger partial charge in [0, 0.05) is 0 Å². The van der Waals surface area contributed by atoms with Crippen LogP contribution in [0.2, 0.25) is 0 Å². The summed E-state index contributed by atoms with van der Waals surface area (Å²) in [5.41, 5.74) is 0. The van der Waals surface area contributed by atoms with Crippen molar-refractivity contribution in [3.8, 4) is 0 Å². The highest BCUT2D eigenvalue weighted by atomic mass is 35.9. The van der Waals surface area contributed by atoms with Gasteiger partial charge in [0.2, 0.25) is 0 Å². The maximum absolute atomic E-state index is 7.91. The molecule has 0 aliphatic heterocycles. The summed E-state index contributed by atoms with van der Waals surface area (Å²) in [6.45, 7) is -1.10. The third kappa shape index (κ3) is 4.97. The largest absolute Gasteiger partial charge is 0.389 e. The van der Waals surface area contributed by atoms with Crippen molar-refractivity contribution in [2.45, 2.75) is 0 Å². The summed E-state index contributed by atoms with van der Waals surface area (Å²) in [5, 5.41) is 7.91. The average molecular weight is 133 g/mol. The van der Waals surface area contributed by atoms with E-state index in [2.05, 4.69) is 0 Å². The van der Waals surface area contributed by atoms with Crippen LogP contribution in [-0.4, -0.2) is 11.5 Å². The third-order valence-electron chi connectivity index (χ3n) is 0.107. The first-order valence-electron chi connectivity index (χ1n) is 0.971. The first-order valence-corrected chi connectivity index (χ1v) is 4.31. The van der Waals surface area contributed by atoms with Gasteiger partial charge in [0.15, 0.2) is 0 Å². The predicted molar refractivity (Wildman–Crippen MR) is 25.7 cm³/mol. The molecule has 4 heteroatoms. The van der Waals surface area contributed by atoms with Crippen LogP contribution in [0.3, 0.4) is 0 Å². The summed E-state index contributed by atoms with van der Waals surface area (Å²) in [6.07, 6.45) is -0.0988. The van der Waals surface area contributed by atoms with E-state index in [0.29, 0.717) is 0 Å². The zero-order valence-electron chi connectivity index (χ0n) is 2.36. The van der Waals surface area contributed by atoms with Crippen LogP contribution in [0.5, 0.6) is 0 Å². The zero-order valence-corrected chi connectivity index (χ0v) is 4.76. The smallest absolute Gasteiger partial charge is 0.111 e. The van der Waals surface area contributed by atoms with Crippen LogP contribution in [0.25, 0.3) is 0 Å². The molecule has 1 N–H and O–H groups in total. The molecule has 0 spiro atoms. The average Bonchev–Trinajstić information content (AvgIpc) is 1.38. The Morgan fingerprint density at radius 2 is 1.80 bits per heavy atom. The van der Waals surface area contributed by atoms with E-state index < -0.39 is 6.63 Å². The molecule has 0 unspecified atom stereocenters. The minimum atomic E-state index is -1.10. The summed E-state index contributed by atoms with van der Waals surface area (Å²) in [6, 6.07) is 0. The lowest BCUT2D eigenvalue weighted by Gasteiger charge is -1.83. The monoisotopic (exact) mass is 132 g/mol. The summed E-state index contributed by atoms with van der Waals surface area (Å²) in [5.74, 6) is 0. The topological polar surface area (TPSA) is 20.2 Å². The Kier molecular flexibility index (Phi) is 3.79. The highest BCUT2D eigenvalue weighted by molar-refractivity contribution is 8.03. The lowest BCUT2D eigenvalue weighted by molar-refractivity contribution is 0.373. The fourth-order valence-electron chi connectivity index (χ4n) is 0. The molecular formula is CH3Cl2OP. The minimum Gasteiger partial charge on any atom is -0.389 e. The van der Waals surface area contributed by atoms with Crippen LogP contribution >= 0.6 is 29.1 Å². The summed E-state index contributed by atoms with van der Waals surface area (Å²) in [7, 11) is 0. The van der Waals surface area contributed by atoms with Crippen molar-refractivity contribution in [2.24, 2.45) is 0 Å². The van der Waals surface area contributed by atoms with E-state index in [-0.39, 0.29) is 6.35 Å². The number of halogens is 2. The van der Waals surface area contributed by atoms with Gasteiger partial charge in [-0.2, -0.15) is 0 Å². The van der Waals surface area contributed by atoms with Crippen molar-refractivity contribution in [3.63, 3.8) is 0 Å². The number of aliphatic hydroxyl groups excluding tert-OH is 1. The molecular weight excluding hydrogens is 130 g/mol. The molecule has 0 saturated carbocycles. The minimum absolute atomic E-state index is 0.0988. The van der Waals surface area contributed by atoms with Crippen LogP contribution in [0.1, 0.15) is 0 Å². The fourth-order valence-corrected chi connectivity index (χ4v) is 0. The fraction of sp³-hybridized carbons (Fsp3) is 1.00. The van der Waals surface area contributed by atoms with Gasteiger partial charge in [0.05, 0.1) is 6.35 Å². The van der Waals surface area contributed by atoms with E-state index in [0.717, 1.165) is 0 Å². The Morgan fingerprint density at radius 3 is 1.80 bits per heavy atom. The normalized spacial score (nSPS) is 9.60. The molecule has 32 valence electrons. The van der Waals surface area contributed by atoms with E-state index in [1.54, 1.807) is 0 Å². The molecule has 0 rings (SSSR count). The van der Waals surface area contributed by atoms with E-state index in [1.807, 2.05) is 0 Å².